The first-order chi connectivity index (χ1) is 9.88. The third-order valence-electron chi connectivity index (χ3n) is 2.61. The molecule has 0 bridgehead atoms. The molecule has 2 aromatic rings. The summed E-state index contributed by atoms with van der Waals surface area (Å²) in [6, 6.07) is 1.08. The molecule has 2 heterocycles. The summed E-state index contributed by atoms with van der Waals surface area (Å²) in [6.45, 7) is 3.98. The lowest BCUT2D eigenvalue weighted by atomic mass is 10.2. The van der Waals surface area contributed by atoms with Crippen LogP contribution in [0, 0.1) is 10.1 Å². The van der Waals surface area contributed by atoms with Gasteiger partial charge < -0.3 is 0 Å². The summed E-state index contributed by atoms with van der Waals surface area (Å²) in [7, 11) is 0. The third-order valence-corrected chi connectivity index (χ3v) is 3.69. The number of anilines is 1. The highest BCUT2D eigenvalue weighted by molar-refractivity contribution is 7.14. The Hall–Kier alpha value is -2.06. The van der Waals surface area contributed by atoms with E-state index in [-0.39, 0.29) is 22.3 Å². The molecule has 9 heteroatoms. The van der Waals surface area contributed by atoms with E-state index in [1.54, 1.807) is 0 Å². The quantitative estimate of drug-likeness (QED) is 0.527. The Balaban J connectivity index is 2.23. The van der Waals surface area contributed by atoms with E-state index in [1.807, 2.05) is 19.2 Å². The minimum absolute atomic E-state index is 0.0628. The van der Waals surface area contributed by atoms with Crippen LogP contribution in [0.3, 0.4) is 0 Å². The number of carbonyl (C=O) groups excluding carboxylic acids is 1. The Morgan fingerprint density at radius 3 is 2.81 bits per heavy atom. The maximum absolute atomic E-state index is 12.1. The van der Waals surface area contributed by atoms with E-state index in [0.29, 0.717) is 5.13 Å². The zero-order valence-corrected chi connectivity index (χ0v) is 12.7. The number of hydrogen-bond acceptors (Lipinski definition) is 6. The van der Waals surface area contributed by atoms with Crippen molar-refractivity contribution in [3.8, 4) is 0 Å². The number of aromatic nitrogens is 2. The molecule has 21 heavy (non-hydrogen) atoms. The molecule has 2 aromatic heterocycles. The first-order valence-electron chi connectivity index (χ1n) is 5.95. The Morgan fingerprint density at radius 2 is 2.24 bits per heavy atom. The molecule has 0 aliphatic rings. The van der Waals surface area contributed by atoms with Crippen LogP contribution in [0.5, 0.6) is 0 Å². The van der Waals surface area contributed by atoms with Gasteiger partial charge in [0.15, 0.2) is 5.13 Å². The zero-order chi connectivity index (χ0) is 15.6. The molecular weight excluding hydrogens is 316 g/mol. The van der Waals surface area contributed by atoms with Gasteiger partial charge in [-0.05, 0) is 5.92 Å². The lowest BCUT2D eigenvalue weighted by Crippen LogP contribution is -2.13. The number of halogens is 1. The van der Waals surface area contributed by atoms with Crippen molar-refractivity contribution in [3.05, 3.63) is 44.2 Å². The Labute approximate surface area is 129 Å². The first-order valence-corrected chi connectivity index (χ1v) is 7.21. The molecule has 0 saturated carbocycles. The van der Waals surface area contributed by atoms with Crippen LogP contribution in [-0.4, -0.2) is 20.8 Å². The van der Waals surface area contributed by atoms with Gasteiger partial charge in [-0.3, -0.25) is 20.2 Å². The molecule has 0 radical (unpaired) electrons. The van der Waals surface area contributed by atoms with Gasteiger partial charge in [-0.25, -0.2) is 9.97 Å². The summed E-state index contributed by atoms with van der Waals surface area (Å²) in [6.07, 6.45) is 0.999. The van der Waals surface area contributed by atoms with Gasteiger partial charge in [0.25, 0.3) is 11.6 Å². The van der Waals surface area contributed by atoms with Crippen molar-refractivity contribution in [2.75, 3.05) is 5.32 Å². The molecule has 1 N–H and O–H groups in total. The van der Waals surface area contributed by atoms with Crippen LogP contribution in [-0.2, 0) is 0 Å². The monoisotopic (exact) mass is 326 g/mol. The molecule has 110 valence electrons. The van der Waals surface area contributed by atoms with Gasteiger partial charge in [-0.1, -0.05) is 25.4 Å². The van der Waals surface area contributed by atoms with Crippen molar-refractivity contribution in [2.24, 2.45) is 0 Å². The average molecular weight is 327 g/mol. The van der Waals surface area contributed by atoms with Gasteiger partial charge in [-0.2, -0.15) is 0 Å². The second-order valence-corrected chi connectivity index (χ2v) is 5.69. The van der Waals surface area contributed by atoms with E-state index in [1.165, 1.54) is 11.3 Å². The van der Waals surface area contributed by atoms with Gasteiger partial charge >= 0.3 is 0 Å². The maximum atomic E-state index is 12.1. The summed E-state index contributed by atoms with van der Waals surface area (Å²) in [5, 5.41) is 15.4. The standard InChI is InChI=1S/C12H11ClN4O3S/c1-6(2)9-5-21-12(15-9)16-11(18)8-3-7(17(19)20)4-14-10(8)13/h3-6H,1-2H3,(H,15,16,18). The highest BCUT2D eigenvalue weighted by Crippen LogP contribution is 2.24. The van der Waals surface area contributed by atoms with Gasteiger partial charge in [0.05, 0.1) is 16.2 Å². The van der Waals surface area contributed by atoms with Crippen molar-refractivity contribution in [3.63, 3.8) is 0 Å². The minimum Gasteiger partial charge on any atom is -0.298 e. The molecule has 1 amide bonds. The van der Waals surface area contributed by atoms with Crippen LogP contribution in [0.2, 0.25) is 5.15 Å². The van der Waals surface area contributed by atoms with E-state index in [0.717, 1.165) is 18.0 Å². The van der Waals surface area contributed by atoms with Crippen LogP contribution in [0.4, 0.5) is 10.8 Å². The molecule has 2 rings (SSSR count). The van der Waals surface area contributed by atoms with Gasteiger partial charge in [-0.15, -0.1) is 11.3 Å². The van der Waals surface area contributed by atoms with E-state index < -0.39 is 10.8 Å². The summed E-state index contributed by atoms with van der Waals surface area (Å²) in [5.41, 5.74) is 0.497. The minimum atomic E-state index is -0.639. The van der Waals surface area contributed by atoms with Crippen molar-refractivity contribution in [1.29, 1.82) is 0 Å². The molecular formula is C12H11ClN4O3S. The van der Waals surface area contributed by atoms with E-state index in [9.17, 15) is 14.9 Å². The Kier molecular flexibility index (Phi) is 4.49. The van der Waals surface area contributed by atoms with Crippen LogP contribution < -0.4 is 5.32 Å². The average Bonchev–Trinajstić information content (AvgIpc) is 2.87. The van der Waals surface area contributed by atoms with Crippen molar-refractivity contribution in [1.82, 2.24) is 9.97 Å². The van der Waals surface area contributed by atoms with E-state index in [2.05, 4.69) is 15.3 Å². The molecule has 0 aliphatic carbocycles. The Bertz CT molecular complexity index is 702. The largest absolute Gasteiger partial charge is 0.298 e. The second kappa shape index (κ2) is 6.15. The van der Waals surface area contributed by atoms with Crippen LogP contribution in [0.15, 0.2) is 17.6 Å². The zero-order valence-electron chi connectivity index (χ0n) is 11.2. The normalized spacial score (nSPS) is 10.7. The number of hydrogen-bond donors (Lipinski definition) is 1. The molecule has 0 fully saturated rings. The fourth-order valence-electron chi connectivity index (χ4n) is 1.47. The van der Waals surface area contributed by atoms with E-state index in [4.69, 9.17) is 11.6 Å². The smallest absolute Gasteiger partial charge is 0.288 e. The number of thiazole rings is 1. The molecule has 0 atom stereocenters. The highest BCUT2D eigenvalue weighted by atomic mass is 35.5. The fourth-order valence-corrected chi connectivity index (χ4v) is 2.53. The topological polar surface area (TPSA) is 98.0 Å². The number of nitro groups is 1. The van der Waals surface area contributed by atoms with Crippen LogP contribution in [0.1, 0.15) is 35.8 Å². The van der Waals surface area contributed by atoms with Crippen molar-refractivity contribution < 1.29 is 9.72 Å². The van der Waals surface area contributed by atoms with Gasteiger partial charge in [0.2, 0.25) is 0 Å². The maximum Gasteiger partial charge on any atom is 0.288 e. The summed E-state index contributed by atoms with van der Waals surface area (Å²) < 4.78 is 0. The number of nitrogens with zero attached hydrogens (tertiary/aromatic N) is 3. The number of nitrogens with one attached hydrogen (secondary N) is 1. The van der Waals surface area contributed by atoms with Gasteiger partial charge in [0, 0.05) is 11.4 Å². The molecule has 0 aromatic carbocycles. The van der Waals surface area contributed by atoms with Gasteiger partial charge in [0.1, 0.15) is 11.3 Å². The number of pyridine rings is 1. The SMILES string of the molecule is CC(C)c1csc(NC(=O)c2cc([N+](=O)[O-])cnc2Cl)n1. The lowest BCUT2D eigenvalue weighted by molar-refractivity contribution is -0.385. The number of amides is 1. The molecule has 0 spiro atoms. The van der Waals surface area contributed by atoms with Crippen LogP contribution >= 0.6 is 22.9 Å². The Morgan fingerprint density at radius 1 is 1.52 bits per heavy atom. The summed E-state index contributed by atoms with van der Waals surface area (Å²) in [4.78, 5) is 30.1. The molecule has 0 aliphatic heterocycles. The molecule has 0 saturated heterocycles. The van der Waals surface area contributed by atoms with Crippen LogP contribution in [0.25, 0.3) is 0 Å². The first kappa shape index (κ1) is 15.3. The molecule has 7 nitrogen and oxygen atoms in total. The summed E-state index contributed by atoms with van der Waals surface area (Å²) in [5.74, 6) is -0.337. The lowest BCUT2D eigenvalue weighted by Gasteiger charge is -2.03. The predicted molar refractivity (Wildman–Crippen MR) is 80.1 cm³/mol. The van der Waals surface area contributed by atoms with Crippen molar-refractivity contribution >= 4 is 39.7 Å². The highest BCUT2D eigenvalue weighted by Gasteiger charge is 2.18. The van der Waals surface area contributed by atoms with Crippen molar-refractivity contribution in [2.45, 2.75) is 19.8 Å². The number of carbonyl (C=O) groups is 1. The number of rotatable bonds is 4. The summed E-state index contributed by atoms with van der Waals surface area (Å²) >= 11 is 7.08. The fraction of sp³-hybridized carbons (Fsp3) is 0.250. The second-order valence-electron chi connectivity index (χ2n) is 4.48. The van der Waals surface area contributed by atoms with E-state index >= 15 is 0 Å². The predicted octanol–water partition coefficient (Wildman–Crippen LogP) is 3.48. The molecule has 0 unspecified atom stereocenters. The third kappa shape index (κ3) is 3.53.